The third kappa shape index (κ3) is 2.95. The Bertz CT molecular complexity index is 754. The van der Waals surface area contributed by atoms with E-state index in [2.05, 4.69) is 10.3 Å². The molecule has 0 saturated carbocycles. The SMILES string of the molecule is Nc1ccc2c(NCc3ccc(CO)cc3)ccnc2c1. The summed E-state index contributed by atoms with van der Waals surface area (Å²) in [7, 11) is 0. The van der Waals surface area contributed by atoms with Gasteiger partial charge in [0.2, 0.25) is 0 Å². The molecule has 0 aliphatic heterocycles. The molecule has 0 atom stereocenters. The Hall–Kier alpha value is -2.59. The number of anilines is 2. The number of aliphatic hydroxyl groups excluding tert-OH is 1. The van der Waals surface area contributed by atoms with E-state index in [1.807, 2.05) is 48.5 Å². The fourth-order valence-electron chi connectivity index (χ4n) is 2.28. The van der Waals surface area contributed by atoms with E-state index in [-0.39, 0.29) is 6.61 Å². The highest BCUT2D eigenvalue weighted by molar-refractivity contribution is 5.92. The molecule has 2 aromatic carbocycles. The van der Waals surface area contributed by atoms with Crippen molar-refractivity contribution in [3.8, 4) is 0 Å². The summed E-state index contributed by atoms with van der Waals surface area (Å²) in [5.41, 5.74) is 10.5. The molecule has 4 heteroatoms. The minimum atomic E-state index is 0.0735. The van der Waals surface area contributed by atoms with Gasteiger partial charge in [0.15, 0.2) is 0 Å². The van der Waals surface area contributed by atoms with Crippen LogP contribution in [0.1, 0.15) is 11.1 Å². The molecule has 0 radical (unpaired) electrons. The molecular formula is C17H17N3O. The number of fused-ring (bicyclic) bond motifs is 1. The van der Waals surface area contributed by atoms with Crippen LogP contribution in [-0.4, -0.2) is 10.1 Å². The van der Waals surface area contributed by atoms with Crippen LogP contribution in [0.4, 0.5) is 11.4 Å². The smallest absolute Gasteiger partial charge is 0.0743 e. The second kappa shape index (κ2) is 5.81. The van der Waals surface area contributed by atoms with Gasteiger partial charge in [0, 0.05) is 29.5 Å². The first-order valence-corrected chi connectivity index (χ1v) is 6.83. The lowest BCUT2D eigenvalue weighted by Gasteiger charge is -2.10. The van der Waals surface area contributed by atoms with Crippen LogP contribution in [-0.2, 0) is 13.2 Å². The fraction of sp³-hybridized carbons (Fsp3) is 0.118. The standard InChI is InChI=1S/C17H17N3O/c18-14-5-6-15-16(7-8-19-17(15)9-14)20-10-12-1-3-13(11-21)4-2-12/h1-9,21H,10-11,18H2,(H,19,20). The Labute approximate surface area is 123 Å². The molecule has 0 saturated heterocycles. The average molecular weight is 279 g/mol. The maximum atomic E-state index is 9.04. The van der Waals surface area contributed by atoms with Gasteiger partial charge in [0.1, 0.15) is 0 Å². The van der Waals surface area contributed by atoms with Crippen molar-refractivity contribution in [3.63, 3.8) is 0 Å². The maximum Gasteiger partial charge on any atom is 0.0743 e. The van der Waals surface area contributed by atoms with Gasteiger partial charge < -0.3 is 16.2 Å². The second-order valence-corrected chi connectivity index (χ2v) is 4.96. The summed E-state index contributed by atoms with van der Waals surface area (Å²) in [5, 5.41) is 13.5. The number of nitrogens with one attached hydrogen (secondary N) is 1. The maximum absolute atomic E-state index is 9.04. The number of nitrogen functional groups attached to an aromatic ring is 1. The molecule has 0 amide bonds. The molecule has 4 nitrogen and oxygen atoms in total. The predicted octanol–water partition coefficient (Wildman–Crippen LogP) is 2.92. The summed E-state index contributed by atoms with van der Waals surface area (Å²) in [5.74, 6) is 0. The van der Waals surface area contributed by atoms with Gasteiger partial charge in [-0.05, 0) is 35.4 Å². The third-order valence-corrected chi connectivity index (χ3v) is 3.46. The number of pyridine rings is 1. The molecule has 0 aliphatic rings. The van der Waals surface area contributed by atoms with Gasteiger partial charge >= 0.3 is 0 Å². The normalized spacial score (nSPS) is 10.7. The number of benzene rings is 2. The van der Waals surface area contributed by atoms with Crippen molar-refractivity contribution in [1.29, 1.82) is 0 Å². The van der Waals surface area contributed by atoms with Crippen LogP contribution in [0, 0.1) is 0 Å². The van der Waals surface area contributed by atoms with Gasteiger partial charge in [-0.2, -0.15) is 0 Å². The minimum Gasteiger partial charge on any atom is -0.399 e. The second-order valence-electron chi connectivity index (χ2n) is 4.96. The van der Waals surface area contributed by atoms with Gasteiger partial charge in [0.25, 0.3) is 0 Å². The van der Waals surface area contributed by atoms with Gasteiger partial charge in [-0.15, -0.1) is 0 Å². The zero-order valence-corrected chi connectivity index (χ0v) is 11.6. The van der Waals surface area contributed by atoms with E-state index >= 15 is 0 Å². The Morgan fingerprint density at radius 1 is 1.00 bits per heavy atom. The molecule has 0 spiro atoms. The Morgan fingerprint density at radius 3 is 2.52 bits per heavy atom. The molecule has 21 heavy (non-hydrogen) atoms. The summed E-state index contributed by atoms with van der Waals surface area (Å²) in [6, 6.07) is 15.6. The monoisotopic (exact) mass is 279 g/mol. The predicted molar refractivity (Wildman–Crippen MR) is 85.8 cm³/mol. The van der Waals surface area contributed by atoms with Crippen LogP contribution in [0.2, 0.25) is 0 Å². The molecule has 0 aliphatic carbocycles. The summed E-state index contributed by atoms with van der Waals surface area (Å²) in [4.78, 5) is 4.33. The minimum absolute atomic E-state index is 0.0735. The lowest BCUT2D eigenvalue weighted by Crippen LogP contribution is -2.00. The van der Waals surface area contributed by atoms with Crippen molar-refractivity contribution in [1.82, 2.24) is 4.98 Å². The third-order valence-electron chi connectivity index (χ3n) is 3.46. The molecule has 0 fully saturated rings. The van der Waals surface area contributed by atoms with Gasteiger partial charge in [-0.3, -0.25) is 4.98 Å². The lowest BCUT2D eigenvalue weighted by molar-refractivity contribution is 0.282. The molecule has 0 unspecified atom stereocenters. The highest BCUT2D eigenvalue weighted by Crippen LogP contribution is 2.23. The van der Waals surface area contributed by atoms with Crippen LogP contribution in [0.25, 0.3) is 10.9 Å². The summed E-state index contributed by atoms with van der Waals surface area (Å²) < 4.78 is 0. The largest absolute Gasteiger partial charge is 0.399 e. The van der Waals surface area contributed by atoms with E-state index in [0.717, 1.165) is 34.3 Å². The molecule has 0 bridgehead atoms. The summed E-state index contributed by atoms with van der Waals surface area (Å²) in [6.45, 7) is 0.791. The van der Waals surface area contributed by atoms with Crippen LogP contribution in [0.3, 0.4) is 0 Å². The van der Waals surface area contributed by atoms with Crippen LogP contribution in [0.15, 0.2) is 54.7 Å². The Morgan fingerprint density at radius 2 is 1.76 bits per heavy atom. The number of rotatable bonds is 4. The molecular weight excluding hydrogens is 262 g/mol. The molecule has 1 aromatic heterocycles. The van der Waals surface area contributed by atoms with Crippen molar-refractivity contribution in [2.75, 3.05) is 11.1 Å². The number of nitrogens with zero attached hydrogens (tertiary/aromatic N) is 1. The van der Waals surface area contributed by atoms with E-state index in [4.69, 9.17) is 10.8 Å². The molecule has 3 aromatic rings. The van der Waals surface area contributed by atoms with Crippen LogP contribution < -0.4 is 11.1 Å². The number of aromatic nitrogens is 1. The van der Waals surface area contributed by atoms with E-state index in [1.165, 1.54) is 0 Å². The van der Waals surface area contributed by atoms with Crippen LogP contribution in [0.5, 0.6) is 0 Å². The summed E-state index contributed by atoms with van der Waals surface area (Å²) in [6.07, 6.45) is 1.78. The highest BCUT2D eigenvalue weighted by Gasteiger charge is 2.02. The van der Waals surface area contributed by atoms with Crippen molar-refractivity contribution in [2.45, 2.75) is 13.2 Å². The topological polar surface area (TPSA) is 71.2 Å². The molecule has 1 heterocycles. The van der Waals surface area contributed by atoms with Crippen molar-refractivity contribution in [3.05, 3.63) is 65.9 Å². The lowest BCUT2D eigenvalue weighted by atomic mass is 10.1. The molecule has 4 N–H and O–H groups in total. The van der Waals surface area contributed by atoms with E-state index in [1.54, 1.807) is 6.20 Å². The molecule has 3 rings (SSSR count). The number of nitrogens with two attached hydrogens (primary N) is 1. The highest BCUT2D eigenvalue weighted by atomic mass is 16.3. The Kier molecular flexibility index (Phi) is 3.71. The van der Waals surface area contributed by atoms with E-state index < -0.39 is 0 Å². The first kappa shape index (κ1) is 13.4. The Balaban J connectivity index is 1.81. The van der Waals surface area contributed by atoms with Crippen molar-refractivity contribution < 1.29 is 5.11 Å². The van der Waals surface area contributed by atoms with Crippen molar-refractivity contribution in [2.24, 2.45) is 0 Å². The van der Waals surface area contributed by atoms with Crippen LogP contribution >= 0.6 is 0 Å². The zero-order chi connectivity index (χ0) is 14.7. The van der Waals surface area contributed by atoms with Gasteiger partial charge in [-0.1, -0.05) is 24.3 Å². The van der Waals surface area contributed by atoms with Gasteiger partial charge in [-0.25, -0.2) is 0 Å². The first-order valence-electron chi connectivity index (χ1n) is 6.83. The number of hydrogen-bond donors (Lipinski definition) is 3. The van der Waals surface area contributed by atoms with E-state index in [0.29, 0.717) is 5.69 Å². The average Bonchev–Trinajstić information content (AvgIpc) is 2.53. The van der Waals surface area contributed by atoms with Crippen molar-refractivity contribution >= 4 is 22.3 Å². The summed E-state index contributed by atoms with van der Waals surface area (Å²) >= 11 is 0. The number of hydrogen-bond acceptors (Lipinski definition) is 4. The molecule has 106 valence electrons. The quantitative estimate of drug-likeness (QED) is 0.642. The fourth-order valence-corrected chi connectivity index (χ4v) is 2.28. The first-order chi connectivity index (χ1) is 10.3. The number of aliphatic hydroxyl groups is 1. The van der Waals surface area contributed by atoms with E-state index in [9.17, 15) is 0 Å². The van der Waals surface area contributed by atoms with Gasteiger partial charge in [0.05, 0.1) is 12.1 Å². The zero-order valence-electron chi connectivity index (χ0n) is 11.6.